The Balaban J connectivity index is 2.41. The standard InChI is InChI=1S/C14H16N2O3/c1-9-12(14(18)15-5-6-17)7-10-3-4-11(19-2)8-13(10)16-9/h3-4,7-8,17H,5-6H2,1-2H3,(H,15,18). The number of nitrogens with one attached hydrogen (secondary N) is 1. The van der Waals surface area contributed by atoms with Crippen LogP contribution in [-0.4, -0.2) is 36.3 Å². The third kappa shape index (κ3) is 2.82. The summed E-state index contributed by atoms with van der Waals surface area (Å²) in [4.78, 5) is 16.3. The molecule has 0 aliphatic rings. The fourth-order valence-corrected chi connectivity index (χ4v) is 1.86. The van der Waals surface area contributed by atoms with Crippen LogP contribution in [0.15, 0.2) is 24.3 Å². The number of carbonyl (C=O) groups is 1. The Morgan fingerprint density at radius 1 is 1.42 bits per heavy atom. The highest BCUT2D eigenvalue weighted by atomic mass is 16.5. The molecule has 0 saturated heterocycles. The number of hydrogen-bond acceptors (Lipinski definition) is 4. The van der Waals surface area contributed by atoms with E-state index >= 15 is 0 Å². The minimum atomic E-state index is -0.225. The van der Waals surface area contributed by atoms with E-state index in [1.807, 2.05) is 18.2 Å². The van der Waals surface area contributed by atoms with E-state index in [1.165, 1.54) is 0 Å². The van der Waals surface area contributed by atoms with Gasteiger partial charge in [0.2, 0.25) is 0 Å². The van der Waals surface area contributed by atoms with Crippen molar-refractivity contribution in [1.29, 1.82) is 0 Å². The summed E-state index contributed by atoms with van der Waals surface area (Å²) in [5.74, 6) is 0.508. The van der Waals surface area contributed by atoms with Crippen molar-refractivity contribution < 1.29 is 14.6 Å². The van der Waals surface area contributed by atoms with E-state index in [-0.39, 0.29) is 19.1 Å². The summed E-state index contributed by atoms with van der Waals surface area (Å²) < 4.78 is 5.15. The summed E-state index contributed by atoms with van der Waals surface area (Å²) in [5.41, 5.74) is 1.96. The second-order valence-corrected chi connectivity index (χ2v) is 4.16. The summed E-state index contributed by atoms with van der Waals surface area (Å²) in [6.07, 6.45) is 0. The molecule has 2 rings (SSSR count). The number of benzene rings is 1. The first kappa shape index (κ1) is 13.3. The lowest BCUT2D eigenvalue weighted by Gasteiger charge is -2.08. The highest BCUT2D eigenvalue weighted by Gasteiger charge is 2.11. The zero-order valence-electron chi connectivity index (χ0n) is 10.9. The summed E-state index contributed by atoms with van der Waals surface area (Å²) in [7, 11) is 1.60. The number of amides is 1. The van der Waals surface area contributed by atoms with Crippen LogP contribution >= 0.6 is 0 Å². The molecule has 0 spiro atoms. The molecule has 0 aliphatic heterocycles. The molecule has 5 nitrogen and oxygen atoms in total. The molecule has 0 aliphatic carbocycles. The molecule has 2 N–H and O–H groups in total. The first-order valence-electron chi connectivity index (χ1n) is 6.00. The highest BCUT2D eigenvalue weighted by Crippen LogP contribution is 2.21. The van der Waals surface area contributed by atoms with Crippen molar-refractivity contribution in [3.63, 3.8) is 0 Å². The smallest absolute Gasteiger partial charge is 0.253 e. The van der Waals surface area contributed by atoms with E-state index in [0.717, 1.165) is 16.7 Å². The molecule has 19 heavy (non-hydrogen) atoms. The molecule has 5 heteroatoms. The van der Waals surface area contributed by atoms with E-state index in [4.69, 9.17) is 9.84 Å². The normalized spacial score (nSPS) is 10.5. The maximum Gasteiger partial charge on any atom is 0.253 e. The number of aliphatic hydroxyl groups excluding tert-OH is 1. The Kier molecular flexibility index (Phi) is 3.97. The zero-order chi connectivity index (χ0) is 13.8. The number of nitrogens with zero attached hydrogens (tertiary/aromatic N) is 1. The minimum Gasteiger partial charge on any atom is -0.497 e. The molecule has 0 radical (unpaired) electrons. The number of pyridine rings is 1. The maximum atomic E-state index is 11.9. The van der Waals surface area contributed by atoms with Crippen molar-refractivity contribution in [3.05, 3.63) is 35.5 Å². The number of aromatic nitrogens is 1. The molecule has 0 bridgehead atoms. The van der Waals surface area contributed by atoms with Crippen LogP contribution < -0.4 is 10.1 Å². The van der Waals surface area contributed by atoms with Crippen molar-refractivity contribution in [2.24, 2.45) is 0 Å². The van der Waals surface area contributed by atoms with Gasteiger partial charge in [0.25, 0.3) is 5.91 Å². The Hall–Kier alpha value is -2.14. The summed E-state index contributed by atoms with van der Waals surface area (Å²) in [6, 6.07) is 7.32. The van der Waals surface area contributed by atoms with E-state index in [9.17, 15) is 4.79 Å². The Morgan fingerprint density at radius 3 is 2.89 bits per heavy atom. The monoisotopic (exact) mass is 260 g/mol. The number of rotatable bonds is 4. The van der Waals surface area contributed by atoms with Gasteiger partial charge in [0.15, 0.2) is 0 Å². The lowest BCUT2D eigenvalue weighted by molar-refractivity contribution is 0.0944. The zero-order valence-corrected chi connectivity index (χ0v) is 10.9. The Bertz CT molecular complexity index is 611. The largest absolute Gasteiger partial charge is 0.497 e. The van der Waals surface area contributed by atoms with Crippen LogP contribution in [0.5, 0.6) is 5.75 Å². The third-order valence-electron chi connectivity index (χ3n) is 2.86. The molecule has 0 saturated carbocycles. The molecule has 2 aromatic rings. The van der Waals surface area contributed by atoms with E-state index in [2.05, 4.69) is 10.3 Å². The van der Waals surface area contributed by atoms with Crippen LogP contribution in [0.2, 0.25) is 0 Å². The van der Waals surface area contributed by atoms with E-state index in [1.54, 1.807) is 20.1 Å². The number of fused-ring (bicyclic) bond motifs is 1. The van der Waals surface area contributed by atoms with Crippen LogP contribution in [0, 0.1) is 6.92 Å². The fourth-order valence-electron chi connectivity index (χ4n) is 1.86. The third-order valence-corrected chi connectivity index (χ3v) is 2.86. The van der Waals surface area contributed by atoms with Crippen LogP contribution in [-0.2, 0) is 0 Å². The van der Waals surface area contributed by atoms with Crippen molar-refractivity contribution in [2.45, 2.75) is 6.92 Å². The van der Waals surface area contributed by atoms with E-state index < -0.39 is 0 Å². The molecule has 1 amide bonds. The predicted octanol–water partition coefficient (Wildman–Crippen LogP) is 1.27. The summed E-state index contributed by atoms with van der Waals surface area (Å²) >= 11 is 0. The van der Waals surface area contributed by atoms with Crippen molar-refractivity contribution >= 4 is 16.8 Å². The molecule has 0 unspecified atom stereocenters. The van der Waals surface area contributed by atoms with Crippen LogP contribution in [0.3, 0.4) is 0 Å². The predicted molar refractivity (Wildman–Crippen MR) is 72.5 cm³/mol. The fraction of sp³-hybridized carbons (Fsp3) is 0.286. The Labute approximate surface area is 111 Å². The van der Waals surface area contributed by atoms with Crippen LogP contribution in [0.4, 0.5) is 0 Å². The lowest BCUT2D eigenvalue weighted by Crippen LogP contribution is -2.27. The highest BCUT2D eigenvalue weighted by molar-refractivity contribution is 5.98. The van der Waals surface area contributed by atoms with Gasteiger partial charge in [-0.05, 0) is 25.1 Å². The average Bonchev–Trinajstić information content (AvgIpc) is 2.43. The van der Waals surface area contributed by atoms with Crippen LogP contribution in [0.25, 0.3) is 10.9 Å². The topological polar surface area (TPSA) is 71.5 Å². The Morgan fingerprint density at radius 2 is 2.21 bits per heavy atom. The van der Waals surface area contributed by atoms with Gasteiger partial charge >= 0.3 is 0 Å². The maximum absolute atomic E-state index is 11.9. The molecule has 1 aromatic heterocycles. The number of aryl methyl sites for hydroxylation is 1. The molecule has 0 atom stereocenters. The quantitative estimate of drug-likeness (QED) is 0.868. The number of ether oxygens (including phenoxy) is 1. The van der Waals surface area contributed by atoms with Crippen LogP contribution in [0.1, 0.15) is 16.1 Å². The van der Waals surface area contributed by atoms with Crippen molar-refractivity contribution in [1.82, 2.24) is 10.3 Å². The first-order valence-corrected chi connectivity index (χ1v) is 6.00. The average molecular weight is 260 g/mol. The van der Waals surface area contributed by atoms with Gasteiger partial charge in [-0.3, -0.25) is 9.78 Å². The first-order chi connectivity index (χ1) is 9.15. The molecule has 0 fully saturated rings. The van der Waals surface area contributed by atoms with Gasteiger partial charge in [0, 0.05) is 18.0 Å². The number of methoxy groups -OCH3 is 1. The van der Waals surface area contributed by atoms with Crippen molar-refractivity contribution in [3.8, 4) is 5.75 Å². The van der Waals surface area contributed by atoms with Gasteiger partial charge in [-0.15, -0.1) is 0 Å². The molecular weight excluding hydrogens is 244 g/mol. The summed E-state index contributed by atoms with van der Waals surface area (Å²) in [6.45, 7) is 1.94. The second kappa shape index (κ2) is 5.67. The number of carbonyl (C=O) groups excluding carboxylic acids is 1. The second-order valence-electron chi connectivity index (χ2n) is 4.16. The van der Waals surface area contributed by atoms with Gasteiger partial charge in [-0.1, -0.05) is 0 Å². The lowest BCUT2D eigenvalue weighted by atomic mass is 10.1. The molecule has 100 valence electrons. The van der Waals surface area contributed by atoms with Gasteiger partial charge in [-0.2, -0.15) is 0 Å². The van der Waals surface area contributed by atoms with Gasteiger partial charge in [0.1, 0.15) is 5.75 Å². The molecule has 1 aromatic carbocycles. The summed E-state index contributed by atoms with van der Waals surface area (Å²) in [5, 5.41) is 12.2. The SMILES string of the molecule is COc1ccc2cc(C(=O)NCCO)c(C)nc2c1. The van der Waals surface area contributed by atoms with Gasteiger partial charge in [0.05, 0.1) is 30.5 Å². The molecular formula is C14H16N2O3. The number of aliphatic hydroxyl groups is 1. The molecule has 1 heterocycles. The number of hydrogen-bond donors (Lipinski definition) is 2. The van der Waals surface area contributed by atoms with E-state index in [0.29, 0.717) is 11.3 Å². The van der Waals surface area contributed by atoms with Crippen molar-refractivity contribution in [2.75, 3.05) is 20.3 Å². The minimum absolute atomic E-state index is 0.0804. The van der Waals surface area contributed by atoms with Gasteiger partial charge < -0.3 is 15.2 Å². The van der Waals surface area contributed by atoms with Gasteiger partial charge in [-0.25, -0.2) is 0 Å².